The lowest BCUT2D eigenvalue weighted by Crippen LogP contribution is -2.37. The van der Waals surface area contributed by atoms with Gasteiger partial charge in [0, 0.05) is 0 Å². The largest absolute Gasteiger partial charge is 0.472 e. The average Bonchev–Trinajstić information content (AvgIpc) is 1.65. The highest BCUT2D eigenvalue weighted by Gasteiger charge is 2.54. The molecule has 0 spiro atoms. The summed E-state index contributed by atoms with van der Waals surface area (Å²) in [6.07, 6.45) is -20.7. The second kappa shape index (κ2) is 25.1. The molecule has 3 unspecified atom stereocenters. The zero-order valence-electron chi connectivity index (χ0n) is 45.9. The lowest BCUT2D eigenvalue weighted by Gasteiger charge is -2.25. The fraction of sp³-hybridized carbons (Fsp3) is 0.524. The van der Waals surface area contributed by atoms with Crippen molar-refractivity contribution >= 4 is 98.8 Å². The Labute approximate surface area is 505 Å². The highest BCUT2D eigenvalue weighted by atomic mass is 31.2. The summed E-state index contributed by atoms with van der Waals surface area (Å²) in [5.74, 6) is -0.257. The number of aliphatic hydroxyl groups is 5. The van der Waals surface area contributed by atoms with E-state index >= 15 is 0 Å². The van der Waals surface area contributed by atoms with Crippen LogP contribution in [0.2, 0.25) is 0 Å². The van der Waals surface area contributed by atoms with Crippen molar-refractivity contribution in [3.05, 3.63) is 50.6 Å². The van der Waals surface area contributed by atoms with Gasteiger partial charge >= 0.3 is 30.8 Å². The number of anilines is 4. The number of phosphoric ester groups is 2. The number of aromatic nitrogens is 16. The Balaban J connectivity index is 0.716. The van der Waals surface area contributed by atoms with Crippen LogP contribution < -0.4 is 22.9 Å². The summed E-state index contributed by atoms with van der Waals surface area (Å²) in [5, 5.41) is 56.7. The van der Waals surface area contributed by atoms with Crippen LogP contribution in [0.25, 0.3) is 44.7 Å². The maximum Gasteiger partial charge on any atom is 0.472 e. The number of nitrogen functional groups attached to an aromatic ring is 4. The second-order valence-corrected chi connectivity index (χ2v) is 26.7. The van der Waals surface area contributed by atoms with Gasteiger partial charge in [-0.2, -0.15) is 0 Å². The third-order valence-corrected chi connectivity index (χ3v) is 18.3. The van der Waals surface area contributed by atoms with Gasteiger partial charge in [-0.05, 0) is 0 Å². The molecule has 4 saturated heterocycles. The van der Waals surface area contributed by atoms with Gasteiger partial charge in [-0.1, -0.05) is 0 Å². The van der Waals surface area contributed by atoms with E-state index in [1.165, 1.54) is 20.0 Å². The van der Waals surface area contributed by atoms with E-state index in [-0.39, 0.29) is 67.9 Å². The predicted molar refractivity (Wildman–Crippen MR) is 294 cm³/mol. The Hall–Kier alpha value is -6.52. The summed E-state index contributed by atoms with van der Waals surface area (Å²) in [6, 6.07) is 0. The quantitative estimate of drug-likeness (QED) is 0.0255. The molecule has 19 atom stereocenters. The third-order valence-electron chi connectivity index (χ3n) is 14.6. The van der Waals surface area contributed by atoms with Crippen LogP contribution in [0.1, 0.15) is 24.9 Å². The van der Waals surface area contributed by atoms with E-state index in [0.29, 0.717) is 0 Å². The highest BCUT2D eigenvalue weighted by molar-refractivity contribution is 7.52. The molecule has 12 rings (SSSR count). The summed E-state index contributed by atoms with van der Waals surface area (Å²) in [6.45, 7) is -3.40. The van der Waals surface area contributed by atoms with Crippen molar-refractivity contribution in [3.63, 3.8) is 0 Å². The van der Waals surface area contributed by atoms with Crippen LogP contribution >= 0.6 is 30.8 Å². The van der Waals surface area contributed by atoms with Crippen molar-refractivity contribution in [2.45, 2.75) is 98.2 Å². The molecular weight excluding hydrogens is 1310 g/mol. The molecule has 12 heterocycles. The van der Waals surface area contributed by atoms with Crippen molar-refractivity contribution in [2.75, 3.05) is 62.1 Å². The van der Waals surface area contributed by atoms with Crippen molar-refractivity contribution in [2.24, 2.45) is 0 Å². The van der Waals surface area contributed by atoms with E-state index < -0.39 is 168 Å². The Morgan fingerprint density at radius 1 is 0.396 bits per heavy atom. The first-order valence-corrected chi connectivity index (χ1v) is 33.0. The summed E-state index contributed by atoms with van der Waals surface area (Å²) < 4.78 is 119. The van der Waals surface area contributed by atoms with Gasteiger partial charge < -0.3 is 101 Å². The van der Waals surface area contributed by atoms with Crippen molar-refractivity contribution in [1.82, 2.24) is 78.1 Å². The SMILES string of the molecule is Nc1ncnc2c1ncn2[C@@H]1O[C@H](COP(=O)(O)O[C@H]2[C@H](O)[C@@H](COCP(=O)(O)O[C@H]3[C@H](O)[C@@H](COCP(=O)(O)O[C@@H]4[C@H](O)[C@@H](COP(=O)(O)O)O[C@H]4n4cnc5c(N)ncnc54)O[C@H]3n3cnc4c(N)ncnc43)O[C@H]2n2cnc3c(N)ncnc32)[C@@H](O)[C@H]1O. The summed E-state index contributed by atoms with van der Waals surface area (Å²) in [7, 11) is -20.7. The van der Waals surface area contributed by atoms with E-state index in [2.05, 4.69) is 64.3 Å². The molecule has 0 aromatic carbocycles. The van der Waals surface area contributed by atoms with Crippen LogP contribution in [0.4, 0.5) is 23.3 Å². The fourth-order valence-corrected chi connectivity index (χ4v) is 13.7. The Morgan fingerprint density at radius 2 is 0.703 bits per heavy atom. The Kier molecular flexibility index (Phi) is 17.8. The molecular formula is C42H54N20O25P4. The number of ether oxygens (including phenoxy) is 6. The number of nitrogens with two attached hydrogens (primary N) is 4. The molecule has 4 aliphatic rings. The topological polar surface area (TPSA) is 651 Å². The lowest BCUT2D eigenvalue weighted by atomic mass is 10.1. The minimum Gasteiger partial charge on any atom is -0.387 e. The van der Waals surface area contributed by atoms with Gasteiger partial charge in [0.25, 0.3) is 0 Å². The number of hydrogen-bond donors (Lipinski definition) is 14. The summed E-state index contributed by atoms with van der Waals surface area (Å²) in [4.78, 5) is 101. The molecule has 0 amide bonds. The van der Waals surface area contributed by atoms with Crippen molar-refractivity contribution in [3.8, 4) is 0 Å². The van der Waals surface area contributed by atoms with Gasteiger partial charge in [-0.25, -0.2) is 68.9 Å². The van der Waals surface area contributed by atoms with E-state index in [0.717, 1.165) is 48.9 Å². The average molecular weight is 1360 g/mol. The number of hydrogen-bond acceptors (Lipinski definition) is 36. The molecule has 4 aliphatic heterocycles. The molecule has 18 N–H and O–H groups in total. The molecule has 49 heteroatoms. The normalized spacial score (nSPS) is 30.9. The molecule has 45 nitrogen and oxygen atoms in total. The number of nitrogens with zero attached hydrogens (tertiary/aromatic N) is 16. The van der Waals surface area contributed by atoms with Crippen LogP contribution in [0.15, 0.2) is 50.6 Å². The highest BCUT2D eigenvalue weighted by Crippen LogP contribution is 2.53. The van der Waals surface area contributed by atoms with Gasteiger partial charge in [-0.3, -0.25) is 50.0 Å². The zero-order chi connectivity index (χ0) is 64.6. The monoisotopic (exact) mass is 1360 g/mol. The Morgan fingerprint density at radius 3 is 1.07 bits per heavy atom. The summed E-state index contributed by atoms with van der Waals surface area (Å²) in [5.41, 5.74) is 24.2. The van der Waals surface area contributed by atoms with Crippen LogP contribution in [-0.4, -0.2) is 240 Å². The standard InChI is InChI=1S/C42H54N20O25P4/c43-31-19-35(51-5-47-31)59(9-55-19)39-27(67)23(63)17(81-39)4-80-91(75,76)87-30-25(65)16(83-42(30)62-12-58-22-34(46)50-8-54-38(22)62)2-78-14-88(68,69)85-28-24(64)15(82-40(28)60-10-56-20-32(44)48-6-52-36(20)60)1-77-13-89(70,71)86-29-26(66)18(3-79-90(72,73)74)84-41(29)61-11-57-21-33(45)49-7-53-37(21)61/h5-12,15-18,23-30,39-42,63-67H,1-4,13-14H2,(H,68,69)(H,70,71)(H,75,76)(H2,43,47,51)(H2,44,48,52)(H2,45,49,53)(H2,46,50,54)(H2,72,73,74)/t15-,16-,17-,18-,23-,24-,25-,26-,27-,28+,29-,30+,39-,40-,41-,42-/m1/s1. The zero-order valence-corrected chi connectivity index (χ0v) is 49.5. The van der Waals surface area contributed by atoms with E-state index in [1.807, 2.05) is 0 Å². The number of rotatable bonds is 24. The lowest BCUT2D eigenvalue weighted by molar-refractivity contribution is -0.0672. The first-order chi connectivity index (χ1) is 43.2. The van der Waals surface area contributed by atoms with Gasteiger partial charge in [-0.15, -0.1) is 0 Å². The minimum absolute atomic E-state index is 0.00216. The van der Waals surface area contributed by atoms with Gasteiger partial charge in [0.15, 0.2) is 70.8 Å². The van der Waals surface area contributed by atoms with Crippen molar-refractivity contribution < 1.29 is 119 Å². The molecule has 91 heavy (non-hydrogen) atoms. The van der Waals surface area contributed by atoms with Gasteiger partial charge in [0.2, 0.25) is 0 Å². The van der Waals surface area contributed by atoms with E-state index in [1.54, 1.807) is 0 Å². The molecule has 0 aliphatic carbocycles. The molecule has 492 valence electrons. The van der Waals surface area contributed by atoms with Crippen LogP contribution in [0, 0.1) is 0 Å². The molecule has 8 aromatic heterocycles. The number of phosphoric acid groups is 2. The Bertz CT molecular complexity index is 4190. The van der Waals surface area contributed by atoms with Gasteiger partial charge in [0.05, 0.1) is 51.7 Å². The minimum atomic E-state index is -5.37. The molecule has 0 radical (unpaired) electrons. The number of aliphatic hydroxyl groups excluding tert-OH is 5. The smallest absolute Gasteiger partial charge is 0.387 e. The second-order valence-electron chi connectivity index (χ2n) is 20.6. The maximum absolute atomic E-state index is 14.1. The van der Waals surface area contributed by atoms with Crippen LogP contribution in [0.3, 0.4) is 0 Å². The first-order valence-electron chi connectivity index (χ1n) is 26.4. The molecule has 4 fully saturated rings. The molecule has 0 bridgehead atoms. The van der Waals surface area contributed by atoms with E-state index in [9.17, 15) is 68.3 Å². The predicted octanol–water partition coefficient (Wildman–Crippen LogP) is -4.23. The van der Waals surface area contributed by atoms with Crippen LogP contribution in [-0.2, 0) is 69.3 Å². The number of imidazole rings is 4. The molecule has 8 aromatic rings. The maximum atomic E-state index is 14.1. The third kappa shape index (κ3) is 13.0. The fourth-order valence-electron chi connectivity index (χ4n) is 10.4. The first kappa shape index (κ1) is 64.6. The molecule has 0 saturated carbocycles. The number of fused-ring (bicyclic) bond motifs is 4. The van der Waals surface area contributed by atoms with Crippen LogP contribution in [0.5, 0.6) is 0 Å². The summed E-state index contributed by atoms with van der Waals surface area (Å²) >= 11 is 0. The van der Waals surface area contributed by atoms with E-state index in [4.69, 9.17) is 69.5 Å². The van der Waals surface area contributed by atoms with Crippen molar-refractivity contribution in [1.29, 1.82) is 0 Å². The van der Waals surface area contributed by atoms with Gasteiger partial charge in [0.1, 0.15) is 133 Å².